The molecule has 0 bridgehead atoms. The summed E-state index contributed by atoms with van der Waals surface area (Å²) >= 11 is 6.13. The first-order valence-electron chi connectivity index (χ1n) is 12.6. The molecule has 0 saturated carbocycles. The summed E-state index contributed by atoms with van der Waals surface area (Å²) in [4.78, 5) is 38.5. The number of carbonyl (C=O) groups excluding carboxylic acids is 2. The number of hydrogen-bond donors (Lipinski definition) is 3. The number of phenols is 1. The van der Waals surface area contributed by atoms with Gasteiger partial charge in [0, 0.05) is 71.5 Å². The minimum absolute atomic E-state index is 0.0224. The van der Waals surface area contributed by atoms with Gasteiger partial charge in [-0.1, -0.05) is 17.7 Å². The molecule has 4 aromatic rings. The standard InChI is InChI=1S/C29H25ClN6O3/c30-20-6-9-24-25(15-20)33-26(38)14-19-17-31-29(34-27(19)24)32-21-7-4-18(5-8-21)28(39)36-12-10-35(11-13-36)22-2-1-3-23(37)16-22/h1-9,15-17,37H,10-14H2,(H,33,38)(H,31,32,34). The summed E-state index contributed by atoms with van der Waals surface area (Å²) in [5.41, 5.74) is 5.06. The predicted octanol–water partition coefficient (Wildman–Crippen LogP) is 4.70. The summed E-state index contributed by atoms with van der Waals surface area (Å²) < 4.78 is 0. The van der Waals surface area contributed by atoms with Gasteiger partial charge < -0.3 is 25.5 Å². The van der Waals surface area contributed by atoms with Gasteiger partial charge in [0.2, 0.25) is 11.9 Å². The van der Waals surface area contributed by atoms with Gasteiger partial charge in [0.1, 0.15) is 5.75 Å². The number of fused-ring (bicyclic) bond motifs is 3. The Morgan fingerprint density at radius 2 is 1.79 bits per heavy atom. The maximum Gasteiger partial charge on any atom is 0.253 e. The fraction of sp³-hybridized carbons (Fsp3) is 0.172. The van der Waals surface area contributed by atoms with Crippen molar-refractivity contribution < 1.29 is 14.7 Å². The highest BCUT2D eigenvalue weighted by atomic mass is 35.5. The second kappa shape index (κ2) is 10.3. The van der Waals surface area contributed by atoms with Crippen LogP contribution in [0.25, 0.3) is 11.3 Å². The molecule has 6 rings (SSSR count). The summed E-state index contributed by atoms with van der Waals surface area (Å²) in [6, 6.07) is 19.7. The average Bonchev–Trinajstić information content (AvgIpc) is 3.07. The number of phenolic OH excluding ortho intramolecular Hbond substituents is 1. The van der Waals surface area contributed by atoms with Crippen molar-refractivity contribution in [1.82, 2.24) is 14.9 Å². The molecule has 3 N–H and O–H groups in total. The summed E-state index contributed by atoms with van der Waals surface area (Å²) in [7, 11) is 0. The Kier molecular flexibility index (Phi) is 6.50. The van der Waals surface area contributed by atoms with E-state index in [9.17, 15) is 14.7 Å². The van der Waals surface area contributed by atoms with E-state index in [0.717, 1.165) is 22.5 Å². The largest absolute Gasteiger partial charge is 0.508 e. The highest BCUT2D eigenvalue weighted by Crippen LogP contribution is 2.35. The predicted molar refractivity (Wildman–Crippen MR) is 151 cm³/mol. The zero-order valence-electron chi connectivity index (χ0n) is 20.9. The number of halogens is 1. The monoisotopic (exact) mass is 540 g/mol. The molecule has 39 heavy (non-hydrogen) atoms. The van der Waals surface area contributed by atoms with Crippen LogP contribution in [0.15, 0.2) is 72.9 Å². The molecule has 0 aliphatic carbocycles. The average molecular weight is 541 g/mol. The maximum absolute atomic E-state index is 13.1. The minimum atomic E-state index is -0.150. The van der Waals surface area contributed by atoms with Gasteiger partial charge in [-0.05, 0) is 54.6 Å². The molecule has 1 saturated heterocycles. The number of rotatable bonds is 4. The topological polar surface area (TPSA) is 111 Å². The van der Waals surface area contributed by atoms with Crippen LogP contribution in [0.4, 0.5) is 23.0 Å². The highest BCUT2D eigenvalue weighted by Gasteiger charge is 2.23. The van der Waals surface area contributed by atoms with E-state index in [0.29, 0.717) is 54.1 Å². The van der Waals surface area contributed by atoms with E-state index in [4.69, 9.17) is 11.6 Å². The zero-order valence-corrected chi connectivity index (χ0v) is 21.7. The third-order valence-corrected chi connectivity index (χ3v) is 7.11. The summed E-state index contributed by atoms with van der Waals surface area (Å²) in [5.74, 6) is 0.442. The first-order valence-corrected chi connectivity index (χ1v) is 13.0. The Hall–Kier alpha value is -4.63. The Morgan fingerprint density at radius 1 is 1.00 bits per heavy atom. The number of amides is 2. The van der Waals surface area contributed by atoms with Crippen molar-refractivity contribution in [1.29, 1.82) is 0 Å². The fourth-order valence-corrected chi connectivity index (χ4v) is 5.06. The van der Waals surface area contributed by atoms with Gasteiger partial charge in [0.25, 0.3) is 5.91 Å². The third kappa shape index (κ3) is 5.21. The molecule has 10 heteroatoms. The smallest absolute Gasteiger partial charge is 0.253 e. The summed E-state index contributed by atoms with van der Waals surface area (Å²) in [6.45, 7) is 2.59. The Bertz CT molecular complexity index is 1570. The van der Waals surface area contributed by atoms with Gasteiger partial charge in [-0.25, -0.2) is 9.97 Å². The van der Waals surface area contributed by atoms with Crippen LogP contribution in [0.2, 0.25) is 5.02 Å². The Morgan fingerprint density at radius 3 is 2.56 bits per heavy atom. The summed E-state index contributed by atoms with van der Waals surface area (Å²) in [6.07, 6.45) is 1.82. The Labute approximate surface area is 230 Å². The van der Waals surface area contributed by atoms with Gasteiger partial charge in [-0.3, -0.25) is 9.59 Å². The lowest BCUT2D eigenvalue weighted by Gasteiger charge is -2.36. The van der Waals surface area contributed by atoms with Crippen LogP contribution in [-0.4, -0.2) is 58.0 Å². The second-order valence-electron chi connectivity index (χ2n) is 9.48. The van der Waals surface area contributed by atoms with Gasteiger partial charge in [-0.15, -0.1) is 0 Å². The lowest BCUT2D eigenvalue weighted by Crippen LogP contribution is -2.48. The lowest BCUT2D eigenvalue weighted by molar-refractivity contribution is -0.115. The molecule has 3 aromatic carbocycles. The lowest BCUT2D eigenvalue weighted by atomic mass is 10.1. The highest BCUT2D eigenvalue weighted by molar-refractivity contribution is 6.31. The van der Waals surface area contributed by atoms with E-state index in [1.165, 1.54) is 0 Å². The molecular formula is C29H25ClN6O3. The fourth-order valence-electron chi connectivity index (χ4n) is 4.89. The van der Waals surface area contributed by atoms with Crippen LogP contribution in [0.1, 0.15) is 15.9 Å². The van der Waals surface area contributed by atoms with Gasteiger partial charge >= 0.3 is 0 Å². The van der Waals surface area contributed by atoms with Crippen molar-refractivity contribution in [2.24, 2.45) is 0 Å². The van der Waals surface area contributed by atoms with Crippen LogP contribution in [0.5, 0.6) is 5.75 Å². The molecule has 2 amide bonds. The van der Waals surface area contributed by atoms with E-state index in [2.05, 4.69) is 25.5 Å². The Balaban J connectivity index is 1.14. The van der Waals surface area contributed by atoms with Crippen LogP contribution in [-0.2, 0) is 11.2 Å². The number of aromatic nitrogens is 2. The maximum atomic E-state index is 13.1. The van der Waals surface area contributed by atoms with Gasteiger partial charge in [0.05, 0.1) is 17.8 Å². The molecular weight excluding hydrogens is 516 g/mol. The minimum Gasteiger partial charge on any atom is -0.508 e. The summed E-state index contributed by atoms with van der Waals surface area (Å²) in [5, 5.41) is 16.3. The molecule has 0 unspecified atom stereocenters. The number of hydrogen-bond acceptors (Lipinski definition) is 7. The van der Waals surface area contributed by atoms with Gasteiger partial charge in [-0.2, -0.15) is 0 Å². The van der Waals surface area contributed by atoms with Crippen molar-refractivity contribution in [3.63, 3.8) is 0 Å². The number of nitrogens with one attached hydrogen (secondary N) is 2. The molecule has 3 heterocycles. The quantitative estimate of drug-likeness (QED) is 0.344. The number of carbonyl (C=O) groups is 2. The van der Waals surface area contributed by atoms with Crippen molar-refractivity contribution in [2.45, 2.75) is 6.42 Å². The molecule has 196 valence electrons. The first-order chi connectivity index (χ1) is 18.9. The normalized spacial score (nSPS) is 14.6. The molecule has 2 aliphatic rings. The number of aromatic hydroxyl groups is 1. The van der Waals surface area contributed by atoms with Crippen LogP contribution in [0, 0.1) is 0 Å². The van der Waals surface area contributed by atoms with E-state index in [1.54, 1.807) is 42.6 Å². The van der Waals surface area contributed by atoms with E-state index >= 15 is 0 Å². The van der Waals surface area contributed by atoms with Crippen LogP contribution < -0.4 is 15.5 Å². The molecule has 0 spiro atoms. The van der Waals surface area contributed by atoms with Crippen molar-refractivity contribution >= 4 is 46.4 Å². The number of nitrogens with zero attached hydrogens (tertiary/aromatic N) is 4. The third-order valence-electron chi connectivity index (χ3n) is 6.88. The number of benzene rings is 3. The van der Waals surface area contributed by atoms with E-state index in [1.807, 2.05) is 35.2 Å². The first kappa shape index (κ1) is 24.7. The molecule has 9 nitrogen and oxygen atoms in total. The van der Waals surface area contributed by atoms with Crippen LogP contribution in [0.3, 0.4) is 0 Å². The van der Waals surface area contributed by atoms with E-state index < -0.39 is 0 Å². The molecule has 0 radical (unpaired) electrons. The van der Waals surface area contributed by atoms with E-state index in [-0.39, 0.29) is 24.0 Å². The zero-order chi connectivity index (χ0) is 26.9. The molecule has 1 aromatic heterocycles. The molecule has 1 fully saturated rings. The molecule has 2 aliphatic heterocycles. The SMILES string of the molecule is O=C1Cc2cnc(Nc3ccc(C(=O)N4CCN(c5cccc(O)c5)CC4)cc3)nc2-c2ccc(Cl)cc2N1. The van der Waals surface area contributed by atoms with Gasteiger partial charge in [0.15, 0.2) is 0 Å². The van der Waals surface area contributed by atoms with Crippen molar-refractivity contribution in [3.05, 3.63) is 89.1 Å². The number of piperazine rings is 1. The number of anilines is 4. The van der Waals surface area contributed by atoms with Crippen LogP contribution >= 0.6 is 11.6 Å². The second-order valence-corrected chi connectivity index (χ2v) is 9.92. The van der Waals surface area contributed by atoms with Crippen molar-refractivity contribution in [3.8, 4) is 17.0 Å². The van der Waals surface area contributed by atoms with Crippen molar-refractivity contribution in [2.75, 3.05) is 41.7 Å². The molecule has 0 atom stereocenters.